The fraction of sp³-hybridized carbons (Fsp3) is 0.259. The van der Waals surface area contributed by atoms with Crippen LogP contribution in [0, 0.1) is 27.7 Å². The van der Waals surface area contributed by atoms with Gasteiger partial charge in [0.15, 0.2) is 0 Å². The highest BCUT2D eigenvalue weighted by Gasteiger charge is 2.09. The summed E-state index contributed by atoms with van der Waals surface area (Å²) in [6.07, 6.45) is 2.88. The zero-order chi connectivity index (χ0) is 22.5. The second-order valence-electron chi connectivity index (χ2n) is 6.74. The largest absolute Gasteiger partial charge is 0.304 e. The maximum atomic E-state index is 8.81. The summed E-state index contributed by atoms with van der Waals surface area (Å²) in [4.78, 5) is 13.5. The molecule has 0 aliphatic rings. The molecule has 0 bridgehead atoms. The van der Waals surface area contributed by atoms with Crippen molar-refractivity contribution in [1.82, 2.24) is 9.38 Å². The van der Waals surface area contributed by atoms with Gasteiger partial charge < -0.3 is 9.20 Å². The third kappa shape index (κ3) is 7.32. The van der Waals surface area contributed by atoms with Crippen molar-refractivity contribution in [2.75, 3.05) is 0 Å². The van der Waals surface area contributed by atoms with E-state index in [9.17, 15) is 0 Å². The fourth-order valence-corrected chi connectivity index (χ4v) is 2.79. The van der Waals surface area contributed by atoms with Crippen molar-refractivity contribution in [2.24, 2.45) is 0 Å². The molecule has 0 amide bonds. The summed E-state index contributed by atoms with van der Waals surface area (Å²) in [7, 11) is 0. The Hall–Kier alpha value is -3.20. The van der Waals surface area contributed by atoms with Crippen LogP contribution < -0.4 is 0 Å². The van der Waals surface area contributed by atoms with E-state index in [0.717, 1.165) is 17.6 Å². The number of hydrogen-bond donors (Lipinski definition) is 0. The Kier molecular flexibility index (Phi) is 10.8. The minimum Gasteiger partial charge on any atom is -0.304 e. The number of aryl methyl sites for hydroxylation is 4. The Balaban J connectivity index is 0.000000312. The van der Waals surface area contributed by atoms with Crippen molar-refractivity contribution in [1.29, 1.82) is 0 Å². The van der Waals surface area contributed by atoms with Gasteiger partial charge in [-0.05, 0) is 46.2 Å². The van der Waals surface area contributed by atoms with E-state index in [0.29, 0.717) is 0 Å². The number of aromatic nitrogens is 2. The van der Waals surface area contributed by atoms with Gasteiger partial charge in [0.25, 0.3) is 0 Å². The van der Waals surface area contributed by atoms with E-state index in [1.165, 1.54) is 34.9 Å². The van der Waals surface area contributed by atoms with Gasteiger partial charge in [0.1, 0.15) is 11.9 Å². The Labute approximate surface area is 181 Å². The molecule has 0 saturated carbocycles. The van der Waals surface area contributed by atoms with Gasteiger partial charge in [0.05, 0.1) is 5.69 Å². The number of fused-ring (bicyclic) bond motifs is 1. The maximum Gasteiger partial charge on any atom is 0.137 e. The molecule has 2 aromatic heterocycles. The van der Waals surface area contributed by atoms with Gasteiger partial charge in [-0.15, -0.1) is 0 Å². The van der Waals surface area contributed by atoms with Gasteiger partial charge in [0.2, 0.25) is 0 Å². The second-order valence-corrected chi connectivity index (χ2v) is 6.74. The van der Waals surface area contributed by atoms with Crippen molar-refractivity contribution in [3.63, 3.8) is 0 Å². The lowest BCUT2D eigenvalue weighted by atomic mass is 10.1. The fourth-order valence-electron chi connectivity index (χ4n) is 2.79. The van der Waals surface area contributed by atoms with Crippen LogP contribution in [0.3, 0.4) is 0 Å². The average Bonchev–Trinajstić information content (AvgIpc) is 3.08. The number of carbonyl (C=O) groups excluding carboxylic acids is 1. The molecule has 2 heterocycles. The van der Waals surface area contributed by atoms with Gasteiger partial charge in [-0.25, -0.2) is 4.98 Å². The molecule has 3 nitrogen and oxygen atoms in total. The molecule has 0 fully saturated rings. The highest BCUT2D eigenvalue weighted by Crippen LogP contribution is 2.24. The summed E-state index contributed by atoms with van der Waals surface area (Å²) in [5.41, 5.74) is 8.29. The molecule has 2 aromatic carbocycles. The Bertz CT molecular complexity index is 1020. The first-order valence-electron chi connectivity index (χ1n) is 10.4. The Morgan fingerprint density at radius 3 is 1.73 bits per heavy atom. The molecular formula is C27H34N2O. The quantitative estimate of drug-likeness (QED) is 0.317. The van der Waals surface area contributed by atoms with Gasteiger partial charge in [-0.3, -0.25) is 0 Å². The van der Waals surface area contributed by atoms with Crippen LogP contribution in [0.2, 0.25) is 0 Å². The van der Waals surface area contributed by atoms with Crippen molar-refractivity contribution < 1.29 is 4.79 Å². The van der Waals surface area contributed by atoms with Crippen molar-refractivity contribution in [3.05, 3.63) is 95.3 Å². The van der Waals surface area contributed by atoms with E-state index in [4.69, 9.17) is 9.78 Å². The van der Waals surface area contributed by atoms with Crippen LogP contribution in [0.25, 0.3) is 16.9 Å². The first kappa shape index (κ1) is 24.8. The molecular weight excluding hydrogens is 368 g/mol. The molecule has 0 aliphatic carbocycles. The Morgan fingerprint density at radius 2 is 1.23 bits per heavy atom. The Morgan fingerprint density at radius 1 is 0.733 bits per heavy atom. The minimum absolute atomic E-state index is 0.750. The van der Waals surface area contributed by atoms with Crippen LogP contribution in [-0.2, 0) is 4.79 Å². The minimum atomic E-state index is 0.750. The molecule has 0 N–H and O–H groups in total. The molecule has 0 unspecified atom stereocenters. The molecule has 0 spiro atoms. The molecule has 0 aliphatic heterocycles. The summed E-state index contributed by atoms with van der Waals surface area (Å²) in [5, 5.41) is 0. The third-order valence-corrected chi connectivity index (χ3v) is 4.27. The highest BCUT2D eigenvalue weighted by molar-refractivity contribution is 5.66. The van der Waals surface area contributed by atoms with Crippen molar-refractivity contribution in [2.45, 2.75) is 48.5 Å². The number of nitrogens with zero attached hydrogens (tertiary/aromatic N) is 2. The monoisotopic (exact) mass is 402 g/mol. The lowest BCUT2D eigenvalue weighted by Crippen LogP contribution is -1.88. The molecule has 0 saturated heterocycles. The van der Waals surface area contributed by atoms with Gasteiger partial charge in [-0.2, -0.15) is 0 Å². The van der Waals surface area contributed by atoms with E-state index in [1.807, 2.05) is 32.0 Å². The summed E-state index contributed by atoms with van der Waals surface area (Å²) >= 11 is 0. The predicted octanol–water partition coefficient (Wildman–Crippen LogP) is 7.15. The van der Waals surface area contributed by atoms with Crippen LogP contribution in [-0.4, -0.2) is 15.7 Å². The molecule has 4 rings (SSSR count). The standard InChI is InChI=1S/C16H16N2.C7H8.C2H4O.C2H6/c1-11-4-7-14(8-5-11)16-13(3)18-10-12(2)6-9-15(18)17-16;1-7-5-3-2-4-6-7;1-2-3;1-2/h4-10H,1-3H3;2-6H,1H3;2H,1H3;1-2H3. The molecule has 0 radical (unpaired) electrons. The number of benzene rings is 2. The first-order chi connectivity index (χ1) is 14.5. The molecule has 158 valence electrons. The van der Waals surface area contributed by atoms with Crippen molar-refractivity contribution in [3.8, 4) is 11.3 Å². The zero-order valence-corrected chi connectivity index (χ0v) is 19.3. The number of hydrogen-bond acceptors (Lipinski definition) is 2. The van der Waals surface area contributed by atoms with Crippen LogP contribution in [0.15, 0.2) is 72.9 Å². The number of carbonyl (C=O) groups is 1. The van der Waals surface area contributed by atoms with E-state index in [2.05, 4.69) is 86.8 Å². The van der Waals surface area contributed by atoms with Crippen LogP contribution >= 0.6 is 0 Å². The summed E-state index contributed by atoms with van der Waals surface area (Å²) in [6.45, 7) is 13.8. The predicted molar refractivity (Wildman–Crippen MR) is 129 cm³/mol. The highest BCUT2D eigenvalue weighted by atomic mass is 16.1. The average molecular weight is 403 g/mol. The van der Waals surface area contributed by atoms with Gasteiger partial charge >= 0.3 is 0 Å². The lowest BCUT2D eigenvalue weighted by molar-refractivity contribution is -0.106. The number of pyridine rings is 1. The summed E-state index contributed by atoms with van der Waals surface area (Å²) < 4.78 is 2.16. The van der Waals surface area contributed by atoms with E-state index in [-0.39, 0.29) is 0 Å². The number of rotatable bonds is 1. The summed E-state index contributed by atoms with van der Waals surface area (Å²) in [5.74, 6) is 0. The van der Waals surface area contributed by atoms with Crippen molar-refractivity contribution >= 4 is 11.9 Å². The molecule has 4 aromatic rings. The topological polar surface area (TPSA) is 34.4 Å². The number of imidazole rings is 1. The SMILES string of the molecule is CC.CC=O.Cc1ccc(-c2nc3ccc(C)cn3c2C)cc1.Cc1ccccc1. The molecule has 0 atom stereocenters. The normalized spacial score (nSPS) is 9.30. The van der Waals surface area contributed by atoms with E-state index in [1.54, 1.807) is 0 Å². The van der Waals surface area contributed by atoms with E-state index < -0.39 is 0 Å². The van der Waals surface area contributed by atoms with Crippen LogP contribution in [0.1, 0.15) is 43.2 Å². The smallest absolute Gasteiger partial charge is 0.137 e. The molecule has 3 heteroatoms. The number of aldehydes is 1. The molecule has 30 heavy (non-hydrogen) atoms. The third-order valence-electron chi connectivity index (χ3n) is 4.27. The second kappa shape index (κ2) is 13.1. The van der Waals surface area contributed by atoms with Gasteiger partial charge in [-0.1, -0.05) is 85.6 Å². The zero-order valence-electron chi connectivity index (χ0n) is 19.3. The van der Waals surface area contributed by atoms with Crippen LogP contribution in [0.5, 0.6) is 0 Å². The van der Waals surface area contributed by atoms with E-state index >= 15 is 0 Å². The first-order valence-corrected chi connectivity index (χ1v) is 10.4. The maximum absolute atomic E-state index is 8.81. The lowest BCUT2D eigenvalue weighted by Gasteiger charge is -2.00. The summed E-state index contributed by atoms with van der Waals surface area (Å²) in [6, 6.07) is 23.0. The van der Waals surface area contributed by atoms with Crippen LogP contribution in [0.4, 0.5) is 0 Å². The van der Waals surface area contributed by atoms with Gasteiger partial charge in [0, 0.05) is 17.5 Å².